The minimum Gasteiger partial charge on any atom is -0.497 e. The molecule has 0 aliphatic carbocycles. The van der Waals surface area contributed by atoms with Crippen LogP contribution in [0.4, 0.5) is 11.5 Å². The van der Waals surface area contributed by atoms with Gasteiger partial charge in [0.25, 0.3) is 0 Å². The van der Waals surface area contributed by atoms with Gasteiger partial charge in [0.2, 0.25) is 0 Å². The fourth-order valence-electron chi connectivity index (χ4n) is 2.36. The number of aryl methyl sites for hydroxylation is 1. The molecular formula is C19H19N3O. The topological polar surface area (TPSA) is 38.2 Å². The minimum atomic E-state index is 0.821. The molecule has 0 amide bonds. The van der Waals surface area contributed by atoms with Gasteiger partial charge in [-0.25, -0.2) is 9.97 Å². The summed E-state index contributed by atoms with van der Waals surface area (Å²) in [4.78, 5) is 10.8. The lowest BCUT2D eigenvalue weighted by molar-refractivity contribution is 0.415. The average molecular weight is 305 g/mol. The summed E-state index contributed by atoms with van der Waals surface area (Å²) in [6.07, 6.45) is 1.60. The van der Waals surface area contributed by atoms with Crippen molar-refractivity contribution in [3.8, 4) is 17.0 Å². The highest BCUT2D eigenvalue weighted by atomic mass is 16.5. The van der Waals surface area contributed by atoms with Crippen molar-refractivity contribution in [3.05, 3.63) is 66.5 Å². The van der Waals surface area contributed by atoms with Crippen LogP contribution in [-0.2, 0) is 0 Å². The fraction of sp³-hybridized carbons (Fsp3) is 0.158. The van der Waals surface area contributed by atoms with Gasteiger partial charge in [-0.3, -0.25) is 0 Å². The molecule has 4 nitrogen and oxygen atoms in total. The van der Waals surface area contributed by atoms with Crippen molar-refractivity contribution in [2.45, 2.75) is 6.92 Å². The molecule has 0 unspecified atom stereocenters. The van der Waals surface area contributed by atoms with Crippen LogP contribution < -0.4 is 9.64 Å². The molecule has 0 atom stereocenters. The van der Waals surface area contributed by atoms with Crippen LogP contribution in [0.3, 0.4) is 0 Å². The fourth-order valence-corrected chi connectivity index (χ4v) is 2.36. The number of anilines is 2. The first kappa shape index (κ1) is 15.0. The second-order valence-electron chi connectivity index (χ2n) is 5.39. The van der Waals surface area contributed by atoms with Crippen LogP contribution in [0.15, 0.2) is 60.9 Å². The maximum atomic E-state index is 5.29. The summed E-state index contributed by atoms with van der Waals surface area (Å²) < 4.78 is 5.29. The number of benzene rings is 2. The van der Waals surface area contributed by atoms with Crippen LogP contribution in [0.2, 0.25) is 0 Å². The standard InChI is InChI=1S/C19H19N3O/c1-14-7-9-15(10-8-14)18-12-19(21-13-20-18)22(2)16-5-4-6-17(11-16)23-3/h4-13H,1-3H3. The molecule has 1 heterocycles. The lowest BCUT2D eigenvalue weighted by atomic mass is 10.1. The van der Waals surface area contributed by atoms with E-state index in [0.29, 0.717) is 0 Å². The van der Waals surface area contributed by atoms with E-state index >= 15 is 0 Å². The summed E-state index contributed by atoms with van der Waals surface area (Å²) >= 11 is 0. The molecule has 1 aromatic heterocycles. The van der Waals surface area contributed by atoms with Crippen molar-refractivity contribution in [1.82, 2.24) is 9.97 Å². The average Bonchev–Trinajstić information content (AvgIpc) is 2.62. The number of rotatable bonds is 4. The number of hydrogen-bond acceptors (Lipinski definition) is 4. The van der Waals surface area contributed by atoms with Gasteiger partial charge in [-0.1, -0.05) is 35.9 Å². The smallest absolute Gasteiger partial charge is 0.136 e. The van der Waals surface area contributed by atoms with E-state index in [1.54, 1.807) is 13.4 Å². The van der Waals surface area contributed by atoms with E-state index in [9.17, 15) is 0 Å². The third-order valence-electron chi connectivity index (χ3n) is 3.78. The van der Waals surface area contributed by atoms with E-state index in [2.05, 4.69) is 41.2 Å². The third-order valence-corrected chi connectivity index (χ3v) is 3.78. The molecule has 0 aliphatic rings. The largest absolute Gasteiger partial charge is 0.497 e. The molecule has 3 aromatic rings. The summed E-state index contributed by atoms with van der Waals surface area (Å²) in [5.41, 5.74) is 4.23. The zero-order valence-corrected chi connectivity index (χ0v) is 13.5. The van der Waals surface area contributed by atoms with E-state index in [0.717, 1.165) is 28.5 Å². The van der Waals surface area contributed by atoms with Crippen LogP contribution in [0.5, 0.6) is 5.75 Å². The van der Waals surface area contributed by atoms with Crippen LogP contribution >= 0.6 is 0 Å². The van der Waals surface area contributed by atoms with E-state index in [4.69, 9.17) is 4.74 Å². The molecule has 0 N–H and O–H groups in total. The first-order valence-corrected chi connectivity index (χ1v) is 7.44. The number of hydrogen-bond donors (Lipinski definition) is 0. The van der Waals surface area contributed by atoms with E-state index in [-0.39, 0.29) is 0 Å². The molecule has 2 aromatic carbocycles. The molecule has 0 radical (unpaired) electrons. The quantitative estimate of drug-likeness (QED) is 0.723. The lowest BCUT2D eigenvalue weighted by Gasteiger charge is -2.19. The summed E-state index contributed by atoms with van der Waals surface area (Å²) in [5.74, 6) is 1.66. The van der Waals surface area contributed by atoms with Gasteiger partial charge in [0, 0.05) is 30.4 Å². The van der Waals surface area contributed by atoms with Crippen LogP contribution in [0.1, 0.15) is 5.56 Å². The Bertz CT molecular complexity index is 800. The molecule has 0 fully saturated rings. The molecule has 4 heteroatoms. The second kappa shape index (κ2) is 6.48. The Labute approximate surface area is 136 Å². The van der Waals surface area contributed by atoms with Crippen molar-refractivity contribution in [1.29, 1.82) is 0 Å². The van der Waals surface area contributed by atoms with Crippen molar-refractivity contribution in [2.24, 2.45) is 0 Å². The lowest BCUT2D eigenvalue weighted by Crippen LogP contribution is -2.11. The van der Waals surface area contributed by atoms with Gasteiger partial charge in [0.15, 0.2) is 0 Å². The van der Waals surface area contributed by atoms with Crippen LogP contribution in [-0.4, -0.2) is 24.1 Å². The summed E-state index contributed by atoms with van der Waals surface area (Å²) in [5, 5.41) is 0. The molecule has 3 rings (SSSR count). The normalized spacial score (nSPS) is 10.4. The predicted octanol–water partition coefficient (Wildman–Crippen LogP) is 4.23. The highest BCUT2D eigenvalue weighted by Gasteiger charge is 2.09. The van der Waals surface area contributed by atoms with Crippen LogP contribution in [0.25, 0.3) is 11.3 Å². The minimum absolute atomic E-state index is 0.821. The van der Waals surface area contributed by atoms with Gasteiger partial charge in [0.05, 0.1) is 12.8 Å². The van der Waals surface area contributed by atoms with E-state index in [1.165, 1.54) is 5.56 Å². The number of aromatic nitrogens is 2. The Morgan fingerprint density at radius 1 is 0.957 bits per heavy atom. The molecule has 0 aliphatic heterocycles. The molecule has 0 bridgehead atoms. The van der Waals surface area contributed by atoms with E-state index < -0.39 is 0 Å². The van der Waals surface area contributed by atoms with Gasteiger partial charge in [-0.05, 0) is 19.1 Å². The van der Waals surface area contributed by atoms with Gasteiger partial charge in [-0.15, -0.1) is 0 Å². The summed E-state index contributed by atoms with van der Waals surface area (Å²) in [7, 11) is 3.65. The Hall–Kier alpha value is -2.88. The van der Waals surface area contributed by atoms with Crippen molar-refractivity contribution < 1.29 is 4.74 Å². The van der Waals surface area contributed by atoms with Crippen molar-refractivity contribution in [2.75, 3.05) is 19.1 Å². The maximum Gasteiger partial charge on any atom is 0.136 e. The predicted molar refractivity (Wildman–Crippen MR) is 93.3 cm³/mol. The van der Waals surface area contributed by atoms with Gasteiger partial charge in [0.1, 0.15) is 17.9 Å². The zero-order valence-electron chi connectivity index (χ0n) is 13.5. The monoisotopic (exact) mass is 305 g/mol. The molecule has 23 heavy (non-hydrogen) atoms. The number of ether oxygens (including phenoxy) is 1. The Morgan fingerprint density at radius 2 is 1.74 bits per heavy atom. The first-order chi connectivity index (χ1) is 11.2. The van der Waals surface area contributed by atoms with Crippen LogP contribution in [0, 0.1) is 6.92 Å². The summed E-state index contributed by atoms with van der Waals surface area (Å²) in [6.45, 7) is 2.08. The highest BCUT2D eigenvalue weighted by molar-refractivity contribution is 5.67. The van der Waals surface area contributed by atoms with Gasteiger partial charge >= 0.3 is 0 Å². The maximum absolute atomic E-state index is 5.29. The van der Waals surface area contributed by atoms with E-state index in [1.807, 2.05) is 42.3 Å². The Morgan fingerprint density at radius 3 is 2.48 bits per heavy atom. The zero-order chi connectivity index (χ0) is 16.2. The van der Waals surface area contributed by atoms with Gasteiger partial charge in [-0.2, -0.15) is 0 Å². The third kappa shape index (κ3) is 3.31. The van der Waals surface area contributed by atoms with Gasteiger partial charge < -0.3 is 9.64 Å². The molecule has 0 saturated carbocycles. The van der Waals surface area contributed by atoms with Crippen molar-refractivity contribution >= 4 is 11.5 Å². The molecule has 0 spiro atoms. The number of methoxy groups -OCH3 is 1. The molecular weight excluding hydrogens is 286 g/mol. The SMILES string of the molecule is COc1cccc(N(C)c2cc(-c3ccc(C)cc3)ncn2)c1. The Kier molecular flexibility index (Phi) is 4.24. The Balaban J connectivity index is 1.93. The highest BCUT2D eigenvalue weighted by Crippen LogP contribution is 2.27. The van der Waals surface area contributed by atoms with Crippen molar-refractivity contribution in [3.63, 3.8) is 0 Å². The second-order valence-corrected chi connectivity index (χ2v) is 5.39. The molecule has 116 valence electrons. The molecule has 0 saturated heterocycles. The summed E-state index contributed by atoms with van der Waals surface area (Å²) in [6, 6.07) is 18.2. The number of nitrogens with zero attached hydrogens (tertiary/aromatic N) is 3. The first-order valence-electron chi connectivity index (χ1n) is 7.44.